The van der Waals surface area contributed by atoms with E-state index < -0.39 is 51.2 Å². The third kappa shape index (κ3) is 2.51. The number of carbonyl (C=O) groups is 1. The molecule has 0 radical (unpaired) electrons. The molecule has 0 aliphatic carbocycles. The van der Waals surface area contributed by atoms with Crippen molar-refractivity contribution in [3.63, 3.8) is 0 Å². The molecule has 1 aromatic carbocycles. The summed E-state index contributed by atoms with van der Waals surface area (Å²) in [5.74, 6) is -3.60. The highest BCUT2D eigenvalue weighted by atomic mass is 32.2. The highest BCUT2D eigenvalue weighted by molar-refractivity contribution is 7.89. The Balaban J connectivity index is 2.49. The molecule has 2 rings (SSSR count). The Morgan fingerprint density at radius 2 is 2.00 bits per heavy atom. The molecule has 0 spiro atoms. The lowest BCUT2D eigenvalue weighted by atomic mass is 10.2. The Hall–Kier alpha value is -1.58. The van der Waals surface area contributed by atoms with Crippen LogP contribution in [0, 0.1) is 11.6 Å². The zero-order chi connectivity index (χ0) is 15.1. The van der Waals surface area contributed by atoms with Gasteiger partial charge in [0.15, 0.2) is 0 Å². The maximum Gasteiger partial charge on any atom is 0.322 e. The lowest BCUT2D eigenvalue weighted by Crippen LogP contribution is -2.40. The first-order chi connectivity index (χ1) is 9.23. The van der Waals surface area contributed by atoms with Crippen LogP contribution in [0.5, 0.6) is 0 Å². The average molecular weight is 307 g/mol. The molecule has 0 bridgehead atoms. The van der Waals surface area contributed by atoms with Crippen LogP contribution in [-0.4, -0.2) is 47.6 Å². The van der Waals surface area contributed by atoms with E-state index in [1.165, 1.54) is 0 Å². The fourth-order valence-electron chi connectivity index (χ4n) is 2.08. The second kappa shape index (κ2) is 5.08. The molecule has 1 fully saturated rings. The molecule has 110 valence electrons. The Kier molecular flexibility index (Phi) is 3.76. The largest absolute Gasteiger partial charge is 0.480 e. The summed E-state index contributed by atoms with van der Waals surface area (Å²) >= 11 is 0. The molecule has 9 heteroatoms. The third-order valence-electron chi connectivity index (χ3n) is 3.00. The number of carboxylic acid groups (broad SMARTS) is 1. The van der Waals surface area contributed by atoms with Crippen molar-refractivity contribution in [2.45, 2.75) is 23.5 Å². The van der Waals surface area contributed by atoms with E-state index in [2.05, 4.69) is 0 Å². The van der Waals surface area contributed by atoms with Crippen LogP contribution in [-0.2, 0) is 14.8 Å². The minimum absolute atomic E-state index is 0.300. The molecule has 0 saturated carbocycles. The number of sulfonamides is 1. The number of hydrogen-bond donors (Lipinski definition) is 2. The summed E-state index contributed by atoms with van der Waals surface area (Å²) in [5.41, 5.74) is 0. The molecule has 1 saturated heterocycles. The molecule has 1 aliphatic heterocycles. The number of aliphatic hydroxyl groups is 1. The number of carboxylic acids is 1. The van der Waals surface area contributed by atoms with Crippen LogP contribution in [0.3, 0.4) is 0 Å². The molecule has 2 atom stereocenters. The van der Waals surface area contributed by atoms with Gasteiger partial charge in [0.25, 0.3) is 0 Å². The molecular formula is C11H11F2NO5S. The smallest absolute Gasteiger partial charge is 0.322 e. The predicted octanol–water partition coefficient (Wildman–Crippen LogP) is 0.173. The maximum atomic E-state index is 13.6. The van der Waals surface area contributed by atoms with E-state index in [0.29, 0.717) is 16.4 Å². The number of aliphatic hydroxyl groups excluding tert-OH is 1. The van der Waals surface area contributed by atoms with E-state index in [1.54, 1.807) is 0 Å². The molecule has 0 aromatic heterocycles. The molecule has 2 N–H and O–H groups in total. The number of hydrogen-bond acceptors (Lipinski definition) is 4. The Labute approximate surface area is 113 Å². The summed E-state index contributed by atoms with van der Waals surface area (Å²) in [6, 6.07) is 0.373. The van der Waals surface area contributed by atoms with Gasteiger partial charge in [0.2, 0.25) is 10.0 Å². The third-order valence-corrected chi connectivity index (χ3v) is 4.89. The van der Waals surface area contributed by atoms with Crippen LogP contribution < -0.4 is 0 Å². The van der Waals surface area contributed by atoms with Crippen molar-refractivity contribution in [3.8, 4) is 0 Å². The van der Waals surface area contributed by atoms with Crippen LogP contribution >= 0.6 is 0 Å². The lowest BCUT2D eigenvalue weighted by Gasteiger charge is -2.20. The van der Waals surface area contributed by atoms with Gasteiger partial charge in [-0.15, -0.1) is 0 Å². The predicted molar refractivity (Wildman–Crippen MR) is 62.3 cm³/mol. The molecule has 0 amide bonds. The van der Waals surface area contributed by atoms with Gasteiger partial charge >= 0.3 is 5.97 Å². The van der Waals surface area contributed by atoms with E-state index in [9.17, 15) is 27.1 Å². The van der Waals surface area contributed by atoms with Crippen LogP contribution in [0.2, 0.25) is 0 Å². The van der Waals surface area contributed by atoms with E-state index in [4.69, 9.17) is 5.11 Å². The molecule has 0 unspecified atom stereocenters. The zero-order valence-electron chi connectivity index (χ0n) is 10.0. The summed E-state index contributed by atoms with van der Waals surface area (Å²) in [6.07, 6.45) is -1.46. The fourth-order valence-corrected chi connectivity index (χ4v) is 3.78. The van der Waals surface area contributed by atoms with E-state index in [-0.39, 0.29) is 6.42 Å². The topological polar surface area (TPSA) is 94.9 Å². The van der Waals surface area contributed by atoms with Crippen molar-refractivity contribution in [3.05, 3.63) is 29.8 Å². The van der Waals surface area contributed by atoms with Crippen LogP contribution in [0.25, 0.3) is 0 Å². The number of β-amino-alcohol motifs (C(OH)–C–C–N with tert-alkyl or cyclic N) is 1. The van der Waals surface area contributed by atoms with Crippen LogP contribution in [0.4, 0.5) is 8.78 Å². The van der Waals surface area contributed by atoms with E-state index in [1.807, 2.05) is 0 Å². The fraction of sp³-hybridized carbons (Fsp3) is 0.364. The first-order valence-corrected chi connectivity index (χ1v) is 7.05. The second-order valence-electron chi connectivity index (χ2n) is 4.39. The van der Waals surface area contributed by atoms with E-state index >= 15 is 0 Å². The zero-order valence-corrected chi connectivity index (χ0v) is 10.8. The maximum absolute atomic E-state index is 13.6. The quantitative estimate of drug-likeness (QED) is 0.830. The number of aliphatic carboxylic acids is 1. The summed E-state index contributed by atoms with van der Waals surface area (Å²) in [4.78, 5) is 10.1. The monoisotopic (exact) mass is 307 g/mol. The van der Waals surface area contributed by atoms with Gasteiger partial charge in [-0.1, -0.05) is 0 Å². The van der Waals surface area contributed by atoms with Gasteiger partial charge in [0.05, 0.1) is 6.10 Å². The van der Waals surface area contributed by atoms with Gasteiger partial charge in [-0.25, -0.2) is 17.2 Å². The van der Waals surface area contributed by atoms with Crippen LogP contribution in [0.1, 0.15) is 6.42 Å². The molecule has 1 heterocycles. The van der Waals surface area contributed by atoms with Crippen molar-refractivity contribution in [2.75, 3.05) is 6.54 Å². The summed E-state index contributed by atoms with van der Waals surface area (Å²) in [6.45, 7) is -0.477. The second-order valence-corrected chi connectivity index (χ2v) is 6.25. The molecule has 20 heavy (non-hydrogen) atoms. The Morgan fingerprint density at radius 1 is 1.35 bits per heavy atom. The molecular weight excluding hydrogens is 296 g/mol. The molecule has 6 nitrogen and oxygen atoms in total. The van der Waals surface area contributed by atoms with Crippen molar-refractivity contribution >= 4 is 16.0 Å². The molecule has 1 aliphatic rings. The normalized spacial score (nSPS) is 23.9. The number of benzene rings is 1. The summed E-state index contributed by atoms with van der Waals surface area (Å²) in [7, 11) is -4.54. The average Bonchev–Trinajstić information content (AvgIpc) is 2.75. The van der Waals surface area contributed by atoms with Gasteiger partial charge in [0, 0.05) is 13.0 Å². The number of rotatable bonds is 3. The first kappa shape index (κ1) is 14.8. The van der Waals surface area contributed by atoms with Gasteiger partial charge in [-0.3, -0.25) is 4.79 Å². The number of nitrogens with zero attached hydrogens (tertiary/aromatic N) is 1. The summed E-state index contributed by atoms with van der Waals surface area (Å²) < 4.78 is 51.5. The van der Waals surface area contributed by atoms with Crippen molar-refractivity contribution in [1.82, 2.24) is 4.31 Å². The highest BCUT2D eigenvalue weighted by Crippen LogP contribution is 2.28. The van der Waals surface area contributed by atoms with Crippen molar-refractivity contribution < 1.29 is 32.2 Å². The Bertz CT molecular complexity index is 648. The van der Waals surface area contributed by atoms with Crippen LogP contribution in [0.15, 0.2) is 23.1 Å². The first-order valence-electron chi connectivity index (χ1n) is 5.61. The van der Waals surface area contributed by atoms with Crippen molar-refractivity contribution in [2.24, 2.45) is 0 Å². The van der Waals surface area contributed by atoms with Gasteiger partial charge in [0.1, 0.15) is 22.6 Å². The Morgan fingerprint density at radius 3 is 2.60 bits per heavy atom. The van der Waals surface area contributed by atoms with Gasteiger partial charge < -0.3 is 10.2 Å². The molecule has 1 aromatic rings. The van der Waals surface area contributed by atoms with Gasteiger partial charge in [-0.05, 0) is 18.2 Å². The van der Waals surface area contributed by atoms with E-state index in [0.717, 1.165) is 6.07 Å². The lowest BCUT2D eigenvalue weighted by molar-refractivity contribution is -0.140. The SMILES string of the molecule is O=C(O)[C@@H]1C[C@@H](O)CN1S(=O)(=O)c1cc(F)ccc1F. The summed E-state index contributed by atoms with van der Waals surface area (Å²) in [5, 5.41) is 18.4. The minimum atomic E-state index is -4.54. The van der Waals surface area contributed by atoms with Crippen molar-refractivity contribution in [1.29, 1.82) is 0 Å². The standard InChI is InChI=1S/C11H11F2NO5S/c12-6-1-2-8(13)10(3-6)20(18,19)14-5-7(15)4-9(14)11(16)17/h1-3,7,9,15H,4-5H2,(H,16,17)/t7-,9+/m1/s1. The minimum Gasteiger partial charge on any atom is -0.480 e. The highest BCUT2D eigenvalue weighted by Gasteiger charge is 2.44. The van der Waals surface area contributed by atoms with Gasteiger partial charge in [-0.2, -0.15) is 4.31 Å². The number of halogens is 2.